The number of sulfonamides is 1. The lowest BCUT2D eigenvalue weighted by Gasteiger charge is -2.32. The van der Waals surface area contributed by atoms with Crippen molar-refractivity contribution in [2.75, 3.05) is 53.0 Å². The number of likely N-dealkylation sites (tertiary alicyclic amines) is 1. The van der Waals surface area contributed by atoms with E-state index in [-0.39, 0.29) is 43.0 Å². The molecule has 0 amide bonds. The van der Waals surface area contributed by atoms with Crippen LogP contribution in [0.15, 0.2) is 4.99 Å². The normalized spacial score (nSPS) is 23.0. The summed E-state index contributed by atoms with van der Waals surface area (Å²) in [5.41, 5.74) is -5.23. The second kappa shape index (κ2) is 11.2. The van der Waals surface area contributed by atoms with Crippen molar-refractivity contribution < 1.29 is 26.3 Å². The van der Waals surface area contributed by atoms with E-state index >= 15 is 0 Å². The molecular weight excluding hydrogens is 512 g/mol. The molecule has 0 aromatic rings. The second-order valence-corrected chi connectivity index (χ2v) is 8.91. The highest BCUT2D eigenvalue weighted by Gasteiger charge is 2.50. The maximum Gasteiger partial charge on any atom is 0.511 e. The van der Waals surface area contributed by atoms with Crippen LogP contribution in [0.1, 0.15) is 26.2 Å². The van der Waals surface area contributed by atoms with Crippen LogP contribution >= 0.6 is 24.0 Å². The van der Waals surface area contributed by atoms with E-state index < -0.39 is 15.5 Å². The standard InChI is InChI=1S/C16H29F3N4O3S.HI/c1-3-26-12-14-4-7-22(11-14)15(20-2)21-10-13-5-8-23(9-6-13)27(24,25)16(17,18)19;/h13-14H,3-12H2,1-2H3,(H,20,21);1H. The molecule has 2 aliphatic rings. The zero-order valence-corrected chi connectivity index (χ0v) is 19.4. The molecular formula is C16H30F3IN4O3S. The van der Waals surface area contributed by atoms with Gasteiger partial charge in [0.15, 0.2) is 5.96 Å². The van der Waals surface area contributed by atoms with Gasteiger partial charge >= 0.3 is 15.5 Å². The number of hydrogen-bond donors (Lipinski definition) is 1. The SMILES string of the molecule is CCOCC1CCN(C(=NC)NCC2CCN(S(=O)(=O)C(F)(F)F)CC2)C1.I. The Morgan fingerprint density at radius 3 is 2.32 bits per heavy atom. The largest absolute Gasteiger partial charge is 0.511 e. The van der Waals surface area contributed by atoms with Gasteiger partial charge in [0.1, 0.15) is 0 Å². The van der Waals surface area contributed by atoms with Crippen LogP contribution in [0.5, 0.6) is 0 Å². The van der Waals surface area contributed by atoms with Crippen LogP contribution in [0.25, 0.3) is 0 Å². The van der Waals surface area contributed by atoms with E-state index in [1.165, 1.54) is 0 Å². The van der Waals surface area contributed by atoms with E-state index in [0.29, 0.717) is 36.2 Å². The molecule has 166 valence electrons. The predicted octanol–water partition coefficient (Wildman–Crippen LogP) is 2.10. The number of halogens is 4. The molecule has 2 aliphatic heterocycles. The molecule has 2 heterocycles. The molecule has 1 atom stereocenters. The van der Waals surface area contributed by atoms with Crippen molar-refractivity contribution in [1.82, 2.24) is 14.5 Å². The van der Waals surface area contributed by atoms with Gasteiger partial charge in [-0.1, -0.05) is 0 Å². The highest BCUT2D eigenvalue weighted by Crippen LogP contribution is 2.30. The predicted molar refractivity (Wildman–Crippen MR) is 112 cm³/mol. The van der Waals surface area contributed by atoms with Crippen LogP contribution in [0.4, 0.5) is 13.2 Å². The van der Waals surface area contributed by atoms with Crippen LogP contribution in [0.2, 0.25) is 0 Å². The van der Waals surface area contributed by atoms with Gasteiger partial charge in [0.25, 0.3) is 0 Å². The first-order chi connectivity index (χ1) is 12.7. The lowest BCUT2D eigenvalue weighted by atomic mass is 9.98. The average Bonchev–Trinajstić information content (AvgIpc) is 3.08. The zero-order valence-electron chi connectivity index (χ0n) is 16.2. The van der Waals surface area contributed by atoms with E-state index in [1.807, 2.05) is 6.92 Å². The van der Waals surface area contributed by atoms with Crippen molar-refractivity contribution in [3.05, 3.63) is 0 Å². The number of nitrogens with one attached hydrogen (secondary N) is 1. The smallest absolute Gasteiger partial charge is 0.381 e. The molecule has 2 rings (SSSR count). The summed E-state index contributed by atoms with van der Waals surface area (Å²) in [6, 6.07) is 0. The molecule has 0 spiro atoms. The average molecular weight is 542 g/mol. The number of piperidine rings is 1. The first kappa shape index (κ1) is 25.7. The molecule has 0 aromatic heterocycles. The molecule has 7 nitrogen and oxygen atoms in total. The van der Waals surface area contributed by atoms with Crippen molar-refractivity contribution in [2.24, 2.45) is 16.8 Å². The molecule has 1 unspecified atom stereocenters. The quantitative estimate of drug-likeness (QED) is 0.316. The Morgan fingerprint density at radius 1 is 1.18 bits per heavy atom. The number of guanidine groups is 1. The highest BCUT2D eigenvalue weighted by molar-refractivity contribution is 14.0. The molecule has 2 saturated heterocycles. The van der Waals surface area contributed by atoms with Gasteiger partial charge in [0, 0.05) is 52.3 Å². The summed E-state index contributed by atoms with van der Waals surface area (Å²) in [6.07, 6.45) is 1.83. The number of hydrogen-bond acceptors (Lipinski definition) is 4. The zero-order chi connectivity index (χ0) is 20.1. The fourth-order valence-corrected chi connectivity index (χ4v) is 4.50. The van der Waals surface area contributed by atoms with Crippen LogP contribution in [-0.4, -0.2) is 82.1 Å². The van der Waals surface area contributed by atoms with Gasteiger partial charge in [-0.15, -0.1) is 24.0 Å². The number of aliphatic imine (C=N–C) groups is 1. The lowest BCUT2D eigenvalue weighted by molar-refractivity contribution is -0.0496. The Hall–Kier alpha value is -0.340. The van der Waals surface area contributed by atoms with E-state index in [0.717, 1.165) is 32.1 Å². The van der Waals surface area contributed by atoms with Gasteiger partial charge in [0.2, 0.25) is 0 Å². The highest BCUT2D eigenvalue weighted by atomic mass is 127. The Labute approximate surface area is 182 Å². The maximum absolute atomic E-state index is 12.6. The molecule has 0 bridgehead atoms. The van der Waals surface area contributed by atoms with Gasteiger partial charge in [-0.25, -0.2) is 8.42 Å². The summed E-state index contributed by atoms with van der Waals surface area (Å²) in [5, 5.41) is 3.29. The summed E-state index contributed by atoms with van der Waals surface area (Å²) in [7, 11) is -3.51. The van der Waals surface area contributed by atoms with Crippen LogP contribution in [-0.2, 0) is 14.8 Å². The third-order valence-corrected chi connectivity index (χ3v) is 6.74. The van der Waals surface area contributed by atoms with Gasteiger partial charge in [-0.2, -0.15) is 17.5 Å². The molecule has 2 fully saturated rings. The molecule has 0 aliphatic carbocycles. The monoisotopic (exact) mass is 542 g/mol. The summed E-state index contributed by atoms with van der Waals surface area (Å²) in [4.78, 5) is 6.45. The lowest BCUT2D eigenvalue weighted by Crippen LogP contribution is -2.47. The first-order valence-corrected chi connectivity index (χ1v) is 10.7. The van der Waals surface area contributed by atoms with E-state index in [9.17, 15) is 21.6 Å². The van der Waals surface area contributed by atoms with Gasteiger partial charge in [-0.3, -0.25) is 4.99 Å². The maximum atomic E-state index is 12.6. The molecule has 0 aromatic carbocycles. The Balaban J connectivity index is 0.00000392. The summed E-state index contributed by atoms with van der Waals surface area (Å²) in [5.74, 6) is 1.36. The van der Waals surface area contributed by atoms with Crippen LogP contribution < -0.4 is 5.32 Å². The summed E-state index contributed by atoms with van der Waals surface area (Å²) >= 11 is 0. The fourth-order valence-electron chi connectivity index (χ4n) is 3.51. The molecule has 0 saturated carbocycles. The number of nitrogens with zero attached hydrogens (tertiary/aromatic N) is 3. The van der Waals surface area contributed by atoms with Gasteiger partial charge in [-0.05, 0) is 32.1 Å². The van der Waals surface area contributed by atoms with Crippen LogP contribution in [0.3, 0.4) is 0 Å². The van der Waals surface area contributed by atoms with Crippen molar-refractivity contribution in [3.8, 4) is 0 Å². The Kier molecular flexibility index (Phi) is 10.2. The van der Waals surface area contributed by atoms with E-state index in [2.05, 4.69) is 15.2 Å². The van der Waals surface area contributed by atoms with Crippen molar-refractivity contribution in [3.63, 3.8) is 0 Å². The Morgan fingerprint density at radius 2 is 1.79 bits per heavy atom. The minimum Gasteiger partial charge on any atom is -0.381 e. The topological polar surface area (TPSA) is 74.2 Å². The van der Waals surface area contributed by atoms with Crippen molar-refractivity contribution in [2.45, 2.75) is 31.7 Å². The molecule has 1 N–H and O–H groups in total. The second-order valence-electron chi connectivity index (χ2n) is 6.98. The third kappa shape index (κ3) is 6.59. The summed E-state index contributed by atoms with van der Waals surface area (Å²) < 4.78 is 66.8. The third-order valence-electron chi connectivity index (χ3n) is 5.11. The minimum atomic E-state index is -5.23. The fraction of sp³-hybridized carbons (Fsp3) is 0.938. The van der Waals surface area contributed by atoms with E-state index in [1.54, 1.807) is 7.05 Å². The van der Waals surface area contributed by atoms with Crippen molar-refractivity contribution >= 4 is 40.0 Å². The van der Waals surface area contributed by atoms with E-state index in [4.69, 9.17) is 4.74 Å². The van der Waals surface area contributed by atoms with Gasteiger partial charge in [0.05, 0.1) is 6.61 Å². The van der Waals surface area contributed by atoms with Crippen molar-refractivity contribution in [1.29, 1.82) is 0 Å². The molecule has 12 heteroatoms. The number of alkyl halides is 3. The number of rotatable bonds is 6. The minimum absolute atomic E-state index is 0. The van der Waals surface area contributed by atoms with Gasteiger partial charge < -0.3 is 15.0 Å². The molecule has 0 radical (unpaired) electrons. The summed E-state index contributed by atoms with van der Waals surface area (Å²) in [6.45, 7) is 5.52. The number of ether oxygens (including phenoxy) is 1. The van der Waals surface area contributed by atoms with Crippen LogP contribution in [0, 0.1) is 11.8 Å². The molecule has 28 heavy (non-hydrogen) atoms. The first-order valence-electron chi connectivity index (χ1n) is 9.28. The Bertz CT molecular complexity index is 611.